The third kappa shape index (κ3) is 1.62. The Morgan fingerprint density at radius 3 is 2.94 bits per heavy atom. The Morgan fingerprint density at radius 2 is 2.12 bits per heavy atom. The first kappa shape index (κ1) is 10.1. The Balaban J connectivity index is 2.06. The van der Waals surface area contributed by atoms with Gasteiger partial charge in [-0.1, -0.05) is 24.3 Å². The van der Waals surface area contributed by atoms with E-state index in [1.165, 1.54) is 11.1 Å². The Morgan fingerprint density at radius 1 is 1.29 bits per heavy atom. The zero-order valence-electron chi connectivity index (χ0n) is 9.18. The van der Waals surface area contributed by atoms with Crippen LogP contribution in [-0.2, 0) is 11.3 Å². The van der Waals surface area contributed by atoms with E-state index in [2.05, 4.69) is 17.6 Å². The molecule has 0 bridgehead atoms. The van der Waals surface area contributed by atoms with E-state index in [4.69, 9.17) is 5.11 Å². The van der Waals surface area contributed by atoms with Gasteiger partial charge in [-0.25, -0.2) is 10.2 Å². The molecule has 4 nitrogen and oxygen atoms in total. The Kier molecular flexibility index (Phi) is 2.23. The number of aliphatic carboxylic acids is 1. The van der Waals surface area contributed by atoms with Crippen LogP contribution in [0.3, 0.4) is 0 Å². The molecule has 0 saturated heterocycles. The predicted molar refractivity (Wildman–Crippen MR) is 63.7 cm³/mol. The van der Waals surface area contributed by atoms with Gasteiger partial charge in [-0.15, -0.1) is 0 Å². The monoisotopic (exact) mass is 228 g/mol. The molecule has 1 aromatic rings. The Labute approximate surface area is 98.8 Å². The van der Waals surface area contributed by atoms with Gasteiger partial charge in [0.2, 0.25) is 0 Å². The molecule has 2 N–H and O–H groups in total. The molecular weight excluding hydrogens is 216 g/mol. The third-order valence-corrected chi connectivity index (χ3v) is 3.09. The molecule has 0 fully saturated rings. The number of fused-ring (bicyclic) bond motifs is 3. The van der Waals surface area contributed by atoms with Crippen LogP contribution < -0.4 is 5.43 Å². The molecular formula is C13H12N2O2. The summed E-state index contributed by atoms with van der Waals surface area (Å²) < 4.78 is 0. The fourth-order valence-electron chi connectivity index (χ4n) is 2.20. The molecule has 0 unspecified atom stereocenters. The van der Waals surface area contributed by atoms with Crippen LogP contribution in [0.2, 0.25) is 0 Å². The van der Waals surface area contributed by atoms with Gasteiger partial charge in [-0.05, 0) is 17.7 Å². The van der Waals surface area contributed by atoms with Crippen molar-refractivity contribution in [2.24, 2.45) is 0 Å². The maximum atomic E-state index is 10.9. The summed E-state index contributed by atoms with van der Waals surface area (Å²) in [6.07, 6.45) is 3.54. The first-order valence-corrected chi connectivity index (χ1v) is 5.49. The predicted octanol–water partition coefficient (Wildman–Crippen LogP) is 1.37. The van der Waals surface area contributed by atoms with E-state index in [1.54, 1.807) is 6.08 Å². The van der Waals surface area contributed by atoms with E-state index in [0.29, 0.717) is 12.1 Å². The summed E-state index contributed by atoms with van der Waals surface area (Å²) in [6, 6.07) is 8.16. The zero-order valence-corrected chi connectivity index (χ0v) is 9.18. The van der Waals surface area contributed by atoms with Crippen LogP contribution in [0.4, 0.5) is 0 Å². The smallest absolute Gasteiger partial charge is 0.333 e. The highest BCUT2D eigenvalue weighted by Crippen LogP contribution is 2.29. The molecule has 4 heteroatoms. The van der Waals surface area contributed by atoms with E-state index >= 15 is 0 Å². The quantitative estimate of drug-likeness (QED) is 0.762. The van der Waals surface area contributed by atoms with E-state index in [-0.39, 0.29) is 0 Å². The van der Waals surface area contributed by atoms with Crippen molar-refractivity contribution in [3.05, 3.63) is 53.1 Å². The average Bonchev–Trinajstić information content (AvgIpc) is 2.38. The Bertz CT molecular complexity index is 546. The largest absolute Gasteiger partial charge is 0.478 e. The molecule has 2 heterocycles. The van der Waals surface area contributed by atoms with Gasteiger partial charge >= 0.3 is 5.97 Å². The molecule has 0 spiro atoms. The van der Waals surface area contributed by atoms with E-state index in [0.717, 1.165) is 12.2 Å². The standard InChI is InChI=1S/C13H12N2O2/c16-13(17)10-5-6-12-11-4-2-1-3-9(11)7-14-15(12)8-10/h1-6,14H,7-8H2,(H,16,17). The number of carboxylic acids is 1. The van der Waals surface area contributed by atoms with E-state index in [9.17, 15) is 4.79 Å². The second kappa shape index (κ2) is 3.75. The average molecular weight is 228 g/mol. The molecule has 0 saturated carbocycles. The third-order valence-electron chi connectivity index (χ3n) is 3.09. The molecule has 0 atom stereocenters. The number of hydrogen-bond donors (Lipinski definition) is 2. The summed E-state index contributed by atoms with van der Waals surface area (Å²) in [5, 5.41) is 10.9. The first-order chi connectivity index (χ1) is 8.25. The van der Waals surface area contributed by atoms with Gasteiger partial charge in [0.05, 0.1) is 17.8 Å². The molecule has 3 rings (SSSR count). The number of benzene rings is 1. The highest BCUT2D eigenvalue weighted by molar-refractivity contribution is 5.89. The molecule has 2 aliphatic heterocycles. The van der Waals surface area contributed by atoms with Crippen molar-refractivity contribution < 1.29 is 9.90 Å². The summed E-state index contributed by atoms with van der Waals surface area (Å²) in [5.74, 6) is -0.860. The van der Waals surface area contributed by atoms with Gasteiger partial charge < -0.3 is 10.1 Å². The van der Waals surface area contributed by atoms with Crippen molar-refractivity contribution in [1.82, 2.24) is 10.4 Å². The Hall–Kier alpha value is -2.07. The fraction of sp³-hybridized carbons (Fsp3) is 0.154. The maximum Gasteiger partial charge on any atom is 0.333 e. The normalized spacial score (nSPS) is 17.8. The van der Waals surface area contributed by atoms with Crippen LogP contribution in [0.25, 0.3) is 5.70 Å². The highest BCUT2D eigenvalue weighted by Gasteiger charge is 2.24. The van der Waals surface area contributed by atoms with Crippen LogP contribution in [0, 0.1) is 0 Å². The van der Waals surface area contributed by atoms with Gasteiger partial charge in [-0.3, -0.25) is 0 Å². The van der Waals surface area contributed by atoms with Gasteiger partial charge in [0.15, 0.2) is 0 Å². The number of allylic oxidation sites excluding steroid dienone is 2. The zero-order chi connectivity index (χ0) is 11.8. The minimum Gasteiger partial charge on any atom is -0.478 e. The van der Waals surface area contributed by atoms with Crippen molar-refractivity contribution in [2.45, 2.75) is 6.54 Å². The van der Waals surface area contributed by atoms with Crippen LogP contribution in [0.15, 0.2) is 42.0 Å². The van der Waals surface area contributed by atoms with E-state index < -0.39 is 5.97 Å². The number of nitrogens with zero attached hydrogens (tertiary/aromatic N) is 1. The molecule has 86 valence electrons. The number of carbonyl (C=O) groups is 1. The summed E-state index contributed by atoms with van der Waals surface area (Å²) in [5.41, 5.74) is 7.08. The van der Waals surface area contributed by atoms with Gasteiger partial charge in [0.1, 0.15) is 0 Å². The van der Waals surface area contributed by atoms with Crippen LogP contribution in [0.5, 0.6) is 0 Å². The van der Waals surface area contributed by atoms with Crippen molar-refractivity contribution in [3.8, 4) is 0 Å². The van der Waals surface area contributed by atoms with Crippen molar-refractivity contribution in [3.63, 3.8) is 0 Å². The van der Waals surface area contributed by atoms with Crippen LogP contribution >= 0.6 is 0 Å². The van der Waals surface area contributed by atoms with Gasteiger partial charge in [-0.2, -0.15) is 0 Å². The summed E-state index contributed by atoms with van der Waals surface area (Å²) in [6.45, 7) is 1.13. The summed E-state index contributed by atoms with van der Waals surface area (Å²) in [4.78, 5) is 10.9. The number of hydrazine groups is 1. The fourth-order valence-corrected chi connectivity index (χ4v) is 2.20. The lowest BCUT2D eigenvalue weighted by molar-refractivity contribution is -0.132. The molecule has 1 aromatic carbocycles. The lowest BCUT2D eigenvalue weighted by Crippen LogP contribution is -2.43. The summed E-state index contributed by atoms with van der Waals surface area (Å²) in [7, 11) is 0. The topological polar surface area (TPSA) is 52.6 Å². The molecule has 17 heavy (non-hydrogen) atoms. The molecule has 2 aliphatic rings. The summed E-state index contributed by atoms with van der Waals surface area (Å²) >= 11 is 0. The first-order valence-electron chi connectivity index (χ1n) is 5.49. The van der Waals surface area contributed by atoms with Gasteiger partial charge in [0.25, 0.3) is 0 Å². The van der Waals surface area contributed by atoms with E-state index in [1.807, 2.05) is 23.2 Å². The van der Waals surface area contributed by atoms with Crippen LogP contribution in [0.1, 0.15) is 11.1 Å². The minimum atomic E-state index is -0.860. The lowest BCUT2D eigenvalue weighted by atomic mass is 9.99. The molecule has 0 aliphatic carbocycles. The number of carboxylic acid groups (broad SMARTS) is 1. The number of nitrogens with one attached hydrogen (secondary N) is 1. The SMILES string of the molecule is O=C(O)C1=CC=C2c3ccccc3CNN2C1. The lowest BCUT2D eigenvalue weighted by Gasteiger charge is -2.35. The minimum absolute atomic E-state index is 0.398. The number of hydrogen-bond acceptors (Lipinski definition) is 3. The maximum absolute atomic E-state index is 10.9. The van der Waals surface area contributed by atoms with Crippen molar-refractivity contribution in [2.75, 3.05) is 6.54 Å². The second-order valence-corrected chi connectivity index (χ2v) is 4.13. The number of rotatable bonds is 1. The highest BCUT2D eigenvalue weighted by atomic mass is 16.4. The van der Waals surface area contributed by atoms with Crippen LogP contribution in [-0.4, -0.2) is 22.6 Å². The van der Waals surface area contributed by atoms with Crippen molar-refractivity contribution >= 4 is 11.7 Å². The molecule has 0 amide bonds. The van der Waals surface area contributed by atoms with Crippen molar-refractivity contribution in [1.29, 1.82) is 0 Å². The molecule has 0 aromatic heterocycles. The van der Waals surface area contributed by atoms with Gasteiger partial charge in [0, 0.05) is 12.1 Å². The second-order valence-electron chi connectivity index (χ2n) is 4.13. The molecule has 0 radical (unpaired) electrons.